The van der Waals surface area contributed by atoms with Gasteiger partial charge in [-0.15, -0.1) is 0 Å². The predicted octanol–water partition coefficient (Wildman–Crippen LogP) is 5.85. The van der Waals surface area contributed by atoms with E-state index in [0.29, 0.717) is 19.3 Å². The van der Waals surface area contributed by atoms with Crippen LogP contribution >= 0.6 is 0 Å². The highest BCUT2D eigenvalue weighted by Crippen LogP contribution is 2.47. The molecule has 3 atom stereocenters. The normalized spacial score (nSPS) is 16.6. The minimum Gasteiger partial charge on any atom is -0.481 e. The molecule has 0 aromatic carbocycles. The monoisotopic (exact) mass is 356 g/mol. The molecule has 0 heterocycles. The molecule has 0 saturated heterocycles. The maximum atomic E-state index is 12.4. The van der Waals surface area contributed by atoms with Crippen LogP contribution in [0.2, 0.25) is 0 Å². The fraction of sp³-hybridized carbons (Fsp3) is 0.905. The summed E-state index contributed by atoms with van der Waals surface area (Å²) in [5.41, 5.74) is -0.765. The molecule has 2 N–H and O–H groups in total. The summed E-state index contributed by atoms with van der Waals surface area (Å²) in [6.07, 6.45) is 7.43. The van der Waals surface area contributed by atoms with Crippen LogP contribution in [0.15, 0.2) is 0 Å². The van der Waals surface area contributed by atoms with Gasteiger partial charge in [-0.3, -0.25) is 9.59 Å². The van der Waals surface area contributed by atoms with E-state index in [2.05, 4.69) is 20.8 Å². The van der Waals surface area contributed by atoms with Crippen molar-refractivity contribution in [1.82, 2.24) is 0 Å². The Morgan fingerprint density at radius 1 is 0.880 bits per heavy atom. The van der Waals surface area contributed by atoms with Crippen LogP contribution < -0.4 is 0 Å². The molecule has 0 fully saturated rings. The minimum absolute atomic E-state index is 0.00187. The Kier molecular flexibility index (Phi) is 11.0. The zero-order valence-corrected chi connectivity index (χ0v) is 17.2. The van der Waals surface area contributed by atoms with Crippen molar-refractivity contribution in [3.8, 4) is 0 Å². The lowest BCUT2D eigenvalue weighted by molar-refractivity contribution is -0.160. The van der Waals surface area contributed by atoms with Crippen molar-refractivity contribution in [3.05, 3.63) is 0 Å². The van der Waals surface area contributed by atoms with E-state index in [-0.39, 0.29) is 17.8 Å². The predicted molar refractivity (Wildman–Crippen MR) is 103 cm³/mol. The summed E-state index contributed by atoms with van der Waals surface area (Å²) in [4.78, 5) is 23.5. The lowest BCUT2D eigenvalue weighted by Gasteiger charge is -2.43. The number of hydrogen-bond acceptors (Lipinski definition) is 2. The standard InChI is InChI=1S/C21H40O4/c1-7-8-9-10-11-14-21(16(4)5,20(24)25)18(15(2)3)13-12-17(6)19(22)23/h15-18H,7-14H2,1-6H3,(H,22,23)(H,24,25). The molecule has 4 heteroatoms. The van der Waals surface area contributed by atoms with Gasteiger partial charge in [-0.2, -0.15) is 0 Å². The Bertz CT molecular complexity index is 403. The van der Waals surface area contributed by atoms with Gasteiger partial charge >= 0.3 is 11.9 Å². The SMILES string of the molecule is CCCCCCCC(C(=O)O)(C(C)C)C(CCC(C)C(=O)O)C(C)C. The number of unbranched alkanes of at least 4 members (excludes halogenated alkanes) is 4. The lowest BCUT2D eigenvalue weighted by atomic mass is 9.60. The average Bonchev–Trinajstić information content (AvgIpc) is 2.51. The summed E-state index contributed by atoms with van der Waals surface area (Å²) < 4.78 is 0. The van der Waals surface area contributed by atoms with Crippen LogP contribution in [0.4, 0.5) is 0 Å². The number of aliphatic carboxylic acids is 2. The maximum absolute atomic E-state index is 12.4. The summed E-state index contributed by atoms with van der Waals surface area (Å²) in [6.45, 7) is 12.1. The zero-order valence-electron chi connectivity index (χ0n) is 17.2. The first-order valence-electron chi connectivity index (χ1n) is 10.1. The van der Waals surface area contributed by atoms with Crippen molar-refractivity contribution in [2.75, 3.05) is 0 Å². The van der Waals surface area contributed by atoms with Gasteiger partial charge in [0.2, 0.25) is 0 Å². The second kappa shape index (κ2) is 11.5. The molecular formula is C21H40O4. The Hall–Kier alpha value is -1.06. The van der Waals surface area contributed by atoms with Crippen LogP contribution in [0.1, 0.15) is 92.9 Å². The molecule has 0 saturated carbocycles. The molecule has 0 aromatic heterocycles. The van der Waals surface area contributed by atoms with E-state index < -0.39 is 23.3 Å². The topological polar surface area (TPSA) is 74.6 Å². The second-order valence-electron chi connectivity index (χ2n) is 8.33. The first-order chi connectivity index (χ1) is 11.6. The fourth-order valence-corrected chi connectivity index (χ4v) is 4.17. The van der Waals surface area contributed by atoms with Crippen molar-refractivity contribution in [3.63, 3.8) is 0 Å². The summed E-state index contributed by atoms with van der Waals surface area (Å²) in [7, 11) is 0. The molecule has 0 aromatic rings. The summed E-state index contributed by atoms with van der Waals surface area (Å²) >= 11 is 0. The number of carboxylic acids is 2. The lowest BCUT2D eigenvalue weighted by Crippen LogP contribution is -2.45. The molecule has 0 bridgehead atoms. The van der Waals surface area contributed by atoms with E-state index >= 15 is 0 Å². The van der Waals surface area contributed by atoms with Crippen LogP contribution in [-0.4, -0.2) is 22.2 Å². The van der Waals surface area contributed by atoms with E-state index in [0.717, 1.165) is 19.3 Å². The molecular weight excluding hydrogens is 316 g/mol. The Morgan fingerprint density at radius 2 is 1.44 bits per heavy atom. The van der Waals surface area contributed by atoms with Gasteiger partial charge in [0.05, 0.1) is 11.3 Å². The molecule has 3 unspecified atom stereocenters. The first-order valence-corrected chi connectivity index (χ1v) is 10.1. The third kappa shape index (κ3) is 6.99. The van der Waals surface area contributed by atoms with E-state index in [1.165, 1.54) is 12.8 Å². The average molecular weight is 357 g/mol. The van der Waals surface area contributed by atoms with Crippen LogP contribution in [-0.2, 0) is 9.59 Å². The molecule has 0 radical (unpaired) electrons. The van der Waals surface area contributed by atoms with Crippen molar-refractivity contribution in [1.29, 1.82) is 0 Å². The molecule has 0 aliphatic carbocycles. The zero-order chi connectivity index (χ0) is 19.6. The minimum atomic E-state index is -0.799. The molecule has 4 nitrogen and oxygen atoms in total. The van der Waals surface area contributed by atoms with E-state index in [1.54, 1.807) is 6.92 Å². The van der Waals surface area contributed by atoms with Gasteiger partial charge < -0.3 is 10.2 Å². The molecule has 0 aliphatic heterocycles. The van der Waals surface area contributed by atoms with Gasteiger partial charge in [-0.1, -0.05) is 73.6 Å². The van der Waals surface area contributed by atoms with Crippen LogP contribution in [0.5, 0.6) is 0 Å². The second-order valence-corrected chi connectivity index (χ2v) is 8.33. The van der Waals surface area contributed by atoms with Crippen LogP contribution in [0, 0.1) is 29.1 Å². The van der Waals surface area contributed by atoms with Gasteiger partial charge in [0.1, 0.15) is 0 Å². The van der Waals surface area contributed by atoms with Gasteiger partial charge in [-0.05, 0) is 37.0 Å². The van der Waals surface area contributed by atoms with Crippen molar-refractivity contribution < 1.29 is 19.8 Å². The van der Waals surface area contributed by atoms with E-state index in [4.69, 9.17) is 5.11 Å². The van der Waals surface area contributed by atoms with Crippen molar-refractivity contribution in [2.45, 2.75) is 92.9 Å². The summed E-state index contributed by atoms with van der Waals surface area (Å²) in [5, 5.41) is 19.3. The third-order valence-electron chi connectivity index (χ3n) is 5.92. The number of carbonyl (C=O) groups is 2. The summed E-state index contributed by atoms with van der Waals surface area (Å²) in [6, 6.07) is 0. The smallest absolute Gasteiger partial charge is 0.310 e. The number of rotatable bonds is 14. The Balaban J connectivity index is 5.33. The van der Waals surface area contributed by atoms with Crippen molar-refractivity contribution in [2.24, 2.45) is 29.1 Å². The number of carboxylic acid groups (broad SMARTS) is 2. The Labute approximate surface area is 154 Å². The van der Waals surface area contributed by atoms with E-state index in [9.17, 15) is 14.7 Å². The molecule has 0 spiro atoms. The largest absolute Gasteiger partial charge is 0.481 e. The van der Waals surface area contributed by atoms with Crippen molar-refractivity contribution >= 4 is 11.9 Å². The quantitative estimate of drug-likeness (QED) is 0.383. The first kappa shape index (κ1) is 23.9. The molecule has 0 aliphatic rings. The van der Waals surface area contributed by atoms with Gasteiger partial charge in [0.15, 0.2) is 0 Å². The highest BCUT2D eigenvalue weighted by Gasteiger charge is 2.48. The van der Waals surface area contributed by atoms with Gasteiger partial charge in [-0.25, -0.2) is 0 Å². The molecule has 25 heavy (non-hydrogen) atoms. The highest BCUT2D eigenvalue weighted by atomic mass is 16.4. The van der Waals surface area contributed by atoms with E-state index in [1.807, 2.05) is 13.8 Å². The molecule has 0 rings (SSSR count). The Morgan fingerprint density at radius 3 is 1.84 bits per heavy atom. The molecule has 0 amide bonds. The van der Waals surface area contributed by atoms with Gasteiger partial charge in [0, 0.05) is 0 Å². The summed E-state index contributed by atoms with van der Waals surface area (Å²) in [5.74, 6) is -1.69. The van der Waals surface area contributed by atoms with Gasteiger partial charge in [0.25, 0.3) is 0 Å². The third-order valence-corrected chi connectivity index (χ3v) is 5.92. The fourth-order valence-electron chi connectivity index (χ4n) is 4.17. The number of hydrogen-bond donors (Lipinski definition) is 2. The highest BCUT2D eigenvalue weighted by molar-refractivity contribution is 5.75. The molecule has 148 valence electrons. The van der Waals surface area contributed by atoms with Crippen LogP contribution in [0.3, 0.4) is 0 Å². The maximum Gasteiger partial charge on any atom is 0.310 e. The van der Waals surface area contributed by atoms with Crippen LogP contribution in [0.25, 0.3) is 0 Å².